The first-order valence-electron chi connectivity index (χ1n) is 9.36. The molecule has 0 fully saturated rings. The molecule has 7 heteroatoms. The molecule has 0 saturated carbocycles. The van der Waals surface area contributed by atoms with E-state index in [9.17, 15) is 4.79 Å². The third-order valence-corrected chi connectivity index (χ3v) is 5.84. The molecule has 4 rings (SSSR count). The molecule has 0 aliphatic rings. The van der Waals surface area contributed by atoms with Crippen molar-refractivity contribution in [2.75, 3.05) is 11.1 Å². The zero-order chi connectivity index (χ0) is 20.9. The van der Waals surface area contributed by atoms with E-state index in [1.807, 2.05) is 71.3 Å². The van der Waals surface area contributed by atoms with Gasteiger partial charge in [-0.15, -0.1) is 10.2 Å². The van der Waals surface area contributed by atoms with E-state index in [1.54, 1.807) is 0 Å². The number of thioether (sulfide) groups is 1. The lowest BCUT2D eigenvalue weighted by Crippen LogP contribution is -2.14. The molecule has 3 aromatic carbocycles. The van der Waals surface area contributed by atoms with Crippen molar-refractivity contribution in [2.24, 2.45) is 0 Å². The van der Waals surface area contributed by atoms with Crippen molar-refractivity contribution < 1.29 is 4.79 Å². The number of benzene rings is 3. The molecule has 0 saturated heterocycles. The average Bonchev–Trinajstić information content (AvgIpc) is 3.19. The first-order valence-corrected chi connectivity index (χ1v) is 11.1. The number of amides is 1. The van der Waals surface area contributed by atoms with Crippen LogP contribution in [-0.4, -0.2) is 26.4 Å². The molecular formula is C23H19BrN4OS. The lowest BCUT2D eigenvalue weighted by molar-refractivity contribution is -0.113. The van der Waals surface area contributed by atoms with Crippen molar-refractivity contribution in [3.8, 4) is 17.1 Å². The van der Waals surface area contributed by atoms with Crippen molar-refractivity contribution in [2.45, 2.75) is 12.1 Å². The van der Waals surface area contributed by atoms with E-state index < -0.39 is 0 Å². The van der Waals surface area contributed by atoms with Crippen LogP contribution in [0.15, 0.2) is 88.5 Å². The third kappa shape index (κ3) is 4.80. The lowest BCUT2D eigenvalue weighted by atomic mass is 10.1. The molecule has 4 aromatic rings. The van der Waals surface area contributed by atoms with Crippen molar-refractivity contribution in [3.63, 3.8) is 0 Å². The van der Waals surface area contributed by atoms with E-state index in [-0.39, 0.29) is 11.7 Å². The van der Waals surface area contributed by atoms with E-state index in [4.69, 9.17) is 0 Å². The second-order valence-corrected chi connectivity index (χ2v) is 8.55. The molecule has 0 atom stereocenters. The highest BCUT2D eigenvalue weighted by Gasteiger charge is 2.17. The van der Waals surface area contributed by atoms with Gasteiger partial charge in [-0.1, -0.05) is 69.7 Å². The summed E-state index contributed by atoms with van der Waals surface area (Å²) in [5.41, 5.74) is 3.85. The number of carbonyl (C=O) groups excluding carboxylic acids is 1. The van der Waals surface area contributed by atoms with E-state index in [2.05, 4.69) is 50.5 Å². The molecule has 0 unspecified atom stereocenters. The number of para-hydroxylation sites is 1. The van der Waals surface area contributed by atoms with Gasteiger partial charge in [0.05, 0.1) is 5.75 Å². The molecule has 1 N–H and O–H groups in total. The number of aromatic nitrogens is 3. The molecular weight excluding hydrogens is 460 g/mol. The summed E-state index contributed by atoms with van der Waals surface area (Å²) >= 11 is 4.75. The van der Waals surface area contributed by atoms with Crippen LogP contribution in [0.4, 0.5) is 5.69 Å². The van der Waals surface area contributed by atoms with Gasteiger partial charge in [-0.25, -0.2) is 0 Å². The summed E-state index contributed by atoms with van der Waals surface area (Å²) in [4.78, 5) is 12.4. The van der Waals surface area contributed by atoms with Crippen LogP contribution >= 0.6 is 27.7 Å². The van der Waals surface area contributed by atoms with E-state index in [1.165, 1.54) is 11.8 Å². The summed E-state index contributed by atoms with van der Waals surface area (Å²) < 4.78 is 2.96. The van der Waals surface area contributed by atoms with Crippen LogP contribution in [0.3, 0.4) is 0 Å². The van der Waals surface area contributed by atoms with Gasteiger partial charge >= 0.3 is 0 Å². The minimum atomic E-state index is -0.0953. The monoisotopic (exact) mass is 478 g/mol. The van der Waals surface area contributed by atoms with Crippen molar-refractivity contribution in [3.05, 3.63) is 88.9 Å². The molecule has 1 amide bonds. The Kier molecular flexibility index (Phi) is 6.30. The first kappa shape index (κ1) is 20.4. The molecule has 150 valence electrons. The predicted molar refractivity (Wildman–Crippen MR) is 125 cm³/mol. The highest BCUT2D eigenvalue weighted by molar-refractivity contribution is 9.10. The molecule has 30 heavy (non-hydrogen) atoms. The summed E-state index contributed by atoms with van der Waals surface area (Å²) in [6, 6.07) is 25.6. The third-order valence-electron chi connectivity index (χ3n) is 4.38. The summed E-state index contributed by atoms with van der Waals surface area (Å²) in [6.45, 7) is 2.05. The Morgan fingerprint density at radius 3 is 2.50 bits per heavy atom. The predicted octanol–water partition coefficient (Wildman–Crippen LogP) is 5.74. The van der Waals surface area contributed by atoms with Gasteiger partial charge in [0.15, 0.2) is 11.0 Å². The van der Waals surface area contributed by atoms with E-state index in [0.717, 1.165) is 32.8 Å². The maximum atomic E-state index is 12.4. The molecule has 0 bridgehead atoms. The maximum absolute atomic E-state index is 12.4. The van der Waals surface area contributed by atoms with Crippen molar-refractivity contribution in [1.82, 2.24) is 14.8 Å². The van der Waals surface area contributed by atoms with Crippen LogP contribution in [0.5, 0.6) is 0 Å². The zero-order valence-electron chi connectivity index (χ0n) is 16.2. The summed E-state index contributed by atoms with van der Waals surface area (Å²) in [5.74, 6) is 0.886. The van der Waals surface area contributed by atoms with E-state index in [0.29, 0.717) is 5.16 Å². The van der Waals surface area contributed by atoms with Gasteiger partial charge in [-0.2, -0.15) is 0 Å². The standard InChI is InChI=1S/C23H19BrN4OS/c1-16-6-5-7-17(14-16)22-26-27-23(28(22)20-8-3-2-4-9-20)30-15-21(29)25-19-12-10-18(24)11-13-19/h2-14H,15H2,1H3,(H,25,29). The van der Waals surface area contributed by atoms with Crippen LogP contribution < -0.4 is 5.32 Å². The van der Waals surface area contributed by atoms with Crippen LogP contribution in [0.1, 0.15) is 5.56 Å². The van der Waals surface area contributed by atoms with Gasteiger partial charge in [0.1, 0.15) is 0 Å². The molecule has 0 aliphatic carbocycles. The first-order chi connectivity index (χ1) is 14.6. The number of rotatable bonds is 6. The second-order valence-electron chi connectivity index (χ2n) is 6.69. The normalized spacial score (nSPS) is 10.7. The zero-order valence-corrected chi connectivity index (χ0v) is 18.7. The quantitative estimate of drug-likeness (QED) is 0.359. The number of nitrogens with one attached hydrogen (secondary N) is 1. The number of carbonyl (C=O) groups is 1. The molecule has 1 aromatic heterocycles. The van der Waals surface area contributed by atoms with Gasteiger partial charge in [0.25, 0.3) is 0 Å². The molecule has 0 aliphatic heterocycles. The number of anilines is 1. The minimum absolute atomic E-state index is 0.0953. The van der Waals surface area contributed by atoms with Crippen LogP contribution in [0, 0.1) is 6.92 Å². The van der Waals surface area contributed by atoms with Crippen molar-refractivity contribution >= 4 is 39.3 Å². The Balaban J connectivity index is 1.58. The number of hydrogen-bond acceptors (Lipinski definition) is 4. The highest BCUT2D eigenvalue weighted by atomic mass is 79.9. The number of hydrogen-bond donors (Lipinski definition) is 1. The Hall–Kier alpha value is -2.90. The SMILES string of the molecule is Cc1cccc(-c2nnc(SCC(=O)Nc3ccc(Br)cc3)n2-c2ccccc2)c1. The van der Waals surface area contributed by atoms with Gasteiger partial charge in [0.2, 0.25) is 5.91 Å². The maximum Gasteiger partial charge on any atom is 0.234 e. The van der Waals surface area contributed by atoms with Gasteiger partial charge in [0, 0.05) is 21.4 Å². The summed E-state index contributed by atoms with van der Waals surface area (Å²) in [7, 11) is 0. The smallest absolute Gasteiger partial charge is 0.234 e. The van der Waals surface area contributed by atoms with Crippen molar-refractivity contribution in [1.29, 1.82) is 0 Å². The van der Waals surface area contributed by atoms with Crippen LogP contribution in [0.25, 0.3) is 17.1 Å². The number of nitrogens with zero attached hydrogens (tertiary/aromatic N) is 3. The summed E-state index contributed by atoms with van der Waals surface area (Å²) in [6.07, 6.45) is 0. The Bertz CT molecular complexity index is 1160. The Labute approximate surface area is 187 Å². The fraction of sp³-hybridized carbons (Fsp3) is 0.0870. The highest BCUT2D eigenvalue weighted by Crippen LogP contribution is 2.28. The summed E-state index contributed by atoms with van der Waals surface area (Å²) in [5, 5.41) is 12.4. The topological polar surface area (TPSA) is 59.8 Å². The minimum Gasteiger partial charge on any atom is -0.325 e. The number of aryl methyl sites for hydroxylation is 1. The fourth-order valence-electron chi connectivity index (χ4n) is 3.00. The van der Waals surface area contributed by atoms with Gasteiger partial charge in [-0.3, -0.25) is 9.36 Å². The Morgan fingerprint density at radius 1 is 1.00 bits per heavy atom. The van der Waals surface area contributed by atoms with Gasteiger partial charge in [-0.05, 0) is 49.4 Å². The average molecular weight is 479 g/mol. The largest absolute Gasteiger partial charge is 0.325 e. The Morgan fingerprint density at radius 2 is 1.77 bits per heavy atom. The van der Waals surface area contributed by atoms with Crippen LogP contribution in [0.2, 0.25) is 0 Å². The van der Waals surface area contributed by atoms with Gasteiger partial charge < -0.3 is 5.32 Å². The molecule has 5 nitrogen and oxygen atoms in total. The fourth-order valence-corrected chi connectivity index (χ4v) is 4.02. The number of halogens is 1. The van der Waals surface area contributed by atoms with Crippen LogP contribution in [-0.2, 0) is 4.79 Å². The second kappa shape index (κ2) is 9.28. The molecule has 0 spiro atoms. The molecule has 1 heterocycles. The van der Waals surface area contributed by atoms with E-state index >= 15 is 0 Å². The molecule has 0 radical (unpaired) electrons. The lowest BCUT2D eigenvalue weighted by Gasteiger charge is -2.11.